The molecule has 2 heterocycles. The number of hydrogen-bond acceptors (Lipinski definition) is 4. The van der Waals surface area contributed by atoms with Crippen LogP contribution in [0.4, 0.5) is 0 Å². The molecule has 5 fully saturated rings. The molecule has 1 unspecified atom stereocenters. The third-order valence-corrected chi connectivity index (χ3v) is 27.8. The Labute approximate surface area is 274 Å². The fraction of sp³-hybridized carbons (Fsp3) is 0.897. The molecular formula is C39H66O4Sn. The molecule has 4 aliphatic carbocycles. The maximum absolute atomic E-state index is 7.45. The summed E-state index contributed by atoms with van der Waals surface area (Å²) in [6, 6.07) is 0. The predicted molar refractivity (Wildman–Crippen MR) is 183 cm³/mol. The number of ether oxygens (including phenoxy) is 4. The Morgan fingerprint density at radius 1 is 0.841 bits per heavy atom. The SMILES string of the molecule is CCC[CH2][Sn](/[CH]=C/[C@]1(OC2CCCCO2)CC[C@H]2[C@@H]3CC=C4CC5(CC[C@@H]4[C@H]3CC[C@@]21C)OCCO5)([CH2]CCC)[CH2]CCC. The third-order valence-electron chi connectivity index (χ3n) is 13.7. The summed E-state index contributed by atoms with van der Waals surface area (Å²) in [5, 5.41) is 0. The van der Waals surface area contributed by atoms with Crippen LogP contribution in [0.3, 0.4) is 0 Å². The van der Waals surface area contributed by atoms with E-state index >= 15 is 0 Å². The van der Waals surface area contributed by atoms with Gasteiger partial charge in [0.25, 0.3) is 0 Å². The molecule has 0 aromatic carbocycles. The molecule has 2 aliphatic heterocycles. The van der Waals surface area contributed by atoms with Gasteiger partial charge in [0.15, 0.2) is 0 Å². The Morgan fingerprint density at radius 2 is 1.57 bits per heavy atom. The van der Waals surface area contributed by atoms with Crippen molar-refractivity contribution in [2.45, 2.75) is 168 Å². The second-order valence-corrected chi connectivity index (χ2v) is 29.2. The van der Waals surface area contributed by atoms with Crippen LogP contribution in [0.15, 0.2) is 21.8 Å². The summed E-state index contributed by atoms with van der Waals surface area (Å²) in [6.07, 6.45) is 26.9. The van der Waals surface area contributed by atoms with Crippen LogP contribution in [0.25, 0.3) is 0 Å². The zero-order valence-corrected chi connectivity index (χ0v) is 31.9. The van der Waals surface area contributed by atoms with Gasteiger partial charge in [0.1, 0.15) is 0 Å². The Hall–Kier alpha value is 0.119. The molecule has 6 aliphatic rings. The third kappa shape index (κ3) is 6.70. The predicted octanol–water partition coefficient (Wildman–Crippen LogP) is 10.5. The fourth-order valence-corrected chi connectivity index (χ4v) is 25.5. The molecule has 5 heteroatoms. The molecule has 4 nitrogen and oxygen atoms in total. The summed E-state index contributed by atoms with van der Waals surface area (Å²) in [5.74, 6) is 2.81. The number of hydrogen-bond donors (Lipinski definition) is 0. The molecule has 250 valence electrons. The summed E-state index contributed by atoms with van der Waals surface area (Å²) < 4.78 is 33.7. The minimum absolute atomic E-state index is 0.0213. The second-order valence-electron chi connectivity index (χ2n) is 16.2. The minimum atomic E-state index is -2.48. The van der Waals surface area contributed by atoms with Crippen molar-refractivity contribution in [2.75, 3.05) is 19.8 Å². The topological polar surface area (TPSA) is 36.9 Å². The van der Waals surface area contributed by atoms with Crippen LogP contribution >= 0.6 is 0 Å². The van der Waals surface area contributed by atoms with Crippen LogP contribution in [0.2, 0.25) is 13.3 Å². The first-order chi connectivity index (χ1) is 21.4. The molecule has 7 atom stereocenters. The first-order valence-electron chi connectivity index (χ1n) is 19.4. The number of rotatable bonds is 13. The molecule has 6 rings (SSSR count). The van der Waals surface area contributed by atoms with E-state index in [-0.39, 0.29) is 23.1 Å². The first kappa shape index (κ1) is 34.0. The van der Waals surface area contributed by atoms with Crippen LogP contribution in [0.5, 0.6) is 0 Å². The molecule has 0 aromatic heterocycles. The van der Waals surface area contributed by atoms with Gasteiger partial charge in [-0.15, -0.1) is 0 Å². The average Bonchev–Trinajstić information content (AvgIpc) is 3.62. The summed E-state index contributed by atoms with van der Waals surface area (Å²) >= 11 is -2.48. The zero-order chi connectivity index (χ0) is 30.7. The van der Waals surface area contributed by atoms with E-state index in [9.17, 15) is 0 Å². The monoisotopic (exact) mass is 718 g/mol. The van der Waals surface area contributed by atoms with E-state index in [4.69, 9.17) is 18.9 Å². The van der Waals surface area contributed by atoms with E-state index in [0.29, 0.717) is 0 Å². The Balaban J connectivity index is 1.29. The molecule has 0 radical (unpaired) electrons. The average molecular weight is 718 g/mol. The van der Waals surface area contributed by atoms with Gasteiger partial charge in [-0.25, -0.2) is 0 Å². The summed E-state index contributed by atoms with van der Waals surface area (Å²) in [4.78, 5) is 0. The molecule has 0 bridgehead atoms. The van der Waals surface area contributed by atoms with Gasteiger partial charge in [0, 0.05) is 0 Å². The van der Waals surface area contributed by atoms with Crippen LogP contribution in [0, 0.1) is 29.1 Å². The van der Waals surface area contributed by atoms with E-state index in [2.05, 4.69) is 43.9 Å². The number of unbranched alkanes of at least 4 members (excludes halogenated alkanes) is 3. The van der Waals surface area contributed by atoms with Gasteiger partial charge < -0.3 is 0 Å². The van der Waals surface area contributed by atoms with Gasteiger partial charge in [0.05, 0.1) is 13.2 Å². The van der Waals surface area contributed by atoms with Crippen LogP contribution < -0.4 is 0 Å². The molecular weight excluding hydrogens is 651 g/mol. The van der Waals surface area contributed by atoms with Crippen molar-refractivity contribution < 1.29 is 18.9 Å². The quantitative estimate of drug-likeness (QED) is 0.140. The van der Waals surface area contributed by atoms with Gasteiger partial charge in [0.2, 0.25) is 0 Å². The molecule has 0 amide bonds. The second kappa shape index (κ2) is 14.7. The Morgan fingerprint density at radius 3 is 2.23 bits per heavy atom. The number of fused-ring (bicyclic) bond motifs is 5. The molecule has 2 saturated heterocycles. The summed E-state index contributed by atoms with van der Waals surface area (Å²) in [7, 11) is 0. The van der Waals surface area contributed by atoms with Crippen molar-refractivity contribution in [1.82, 2.24) is 0 Å². The molecule has 44 heavy (non-hydrogen) atoms. The molecule has 0 N–H and O–H groups in total. The zero-order valence-electron chi connectivity index (χ0n) is 29.0. The van der Waals surface area contributed by atoms with Crippen LogP contribution in [-0.4, -0.2) is 55.9 Å². The van der Waals surface area contributed by atoms with Gasteiger partial charge in [-0.2, -0.15) is 0 Å². The Bertz CT molecular complexity index is 974. The summed E-state index contributed by atoms with van der Waals surface area (Å²) in [5.41, 5.74) is 1.70. The molecule has 1 spiro atoms. The van der Waals surface area contributed by atoms with Crippen molar-refractivity contribution in [3.63, 3.8) is 0 Å². The fourth-order valence-electron chi connectivity index (χ4n) is 11.1. The van der Waals surface area contributed by atoms with Gasteiger partial charge in [-0.1, -0.05) is 0 Å². The van der Waals surface area contributed by atoms with Crippen molar-refractivity contribution in [3.8, 4) is 0 Å². The van der Waals surface area contributed by atoms with E-state index in [0.717, 1.165) is 62.8 Å². The molecule has 3 saturated carbocycles. The van der Waals surface area contributed by atoms with Crippen LogP contribution in [-0.2, 0) is 18.9 Å². The van der Waals surface area contributed by atoms with E-state index in [1.54, 1.807) is 5.57 Å². The Kier molecular flexibility index (Phi) is 11.4. The standard InChI is InChI=1S/C27H39O4.3C4H9.Sn/c1-3-26(31-24-6-4-5-15-28-24)13-11-23-22-8-7-19-18-27(29-16-17-30-27)14-10-20(19)21(22)9-12-25(23,26)2;3*1-3-4-2;/h1,3,7,20-24H,4-6,8-18H2,2H3;3*1,3-4H2,2H3;/t20-,21+,22+,23-,24?,25-,26-;;;;/m0..../s1. The van der Waals surface area contributed by atoms with E-state index in [1.165, 1.54) is 103 Å². The maximum atomic E-state index is 7.45. The van der Waals surface area contributed by atoms with Gasteiger partial charge in [-0.3, -0.25) is 0 Å². The normalized spacial score (nSPS) is 38.5. The van der Waals surface area contributed by atoms with E-state index < -0.39 is 18.4 Å². The molecule has 0 aromatic rings. The summed E-state index contributed by atoms with van der Waals surface area (Å²) in [6.45, 7) is 12.3. The van der Waals surface area contributed by atoms with Gasteiger partial charge in [-0.05, 0) is 0 Å². The first-order valence-corrected chi connectivity index (χ1v) is 27.1. The number of allylic oxidation sites excluding steroid dienone is 1. The van der Waals surface area contributed by atoms with E-state index in [1.807, 2.05) is 0 Å². The van der Waals surface area contributed by atoms with Crippen molar-refractivity contribution in [2.24, 2.45) is 29.1 Å². The van der Waals surface area contributed by atoms with Gasteiger partial charge >= 0.3 is 263 Å². The van der Waals surface area contributed by atoms with Crippen molar-refractivity contribution >= 4 is 18.4 Å². The van der Waals surface area contributed by atoms with Crippen molar-refractivity contribution in [3.05, 3.63) is 21.8 Å². The van der Waals surface area contributed by atoms with Crippen LogP contribution in [0.1, 0.15) is 137 Å². The van der Waals surface area contributed by atoms with Crippen molar-refractivity contribution in [1.29, 1.82) is 0 Å².